The van der Waals surface area contributed by atoms with Crippen molar-refractivity contribution in [2.75, 3.05) is 6.54 Å². The molecule has 4 rings (SSSR count). The summed E-state index contributed by atoms with van der Waals surface area (Å²) < 4.78 is 12.2. The van der Waals surface area contributed by atoms with E-state index in [0.29, 0.717) is 0 Å². The van der Waals surface area contributed by atoms with Crippen molar-refractivity contribution in [1.82, 2.24) is 5.01 Å². The Morgan fingerprint density at radius 1 is 1.22 bits per heavy atom. The smallest absolute Gasteiger partial charge is 0.164 e. The van der Waals surface area contributed by atoms with Gasteiger partial charge in [0, 0.05) is 6.54 Å². The number of ether oxygens (including phenoxy) is 2. The van der Waals surface area contributed by atoms with Crippen molar-refractivity contribution in [2.24, 2.45) is 10.3 Å². The highest BCUT2D eigenvalue weighted by Crippen LogP contribution is 2.49. The number of nitrogens with zero attached hydrogens (tertiary/aromatic N) is 3. The Morgan fingerprint density at radius 3 is 3.00 bits per heavy atom. The fourth-order valence-corrected chi connectivity index (χ4v) is 3.85. The quantitative estimate of drug-likeness (QED) is 0.617. The molecule has 2 saturated heterocycles. The lowest BCUT2D eigenvalue weighted by molar-refractivity contribution is -0.161. The summed E-state index contributed by atoms with van der Waals surface area (Å²) in [6.07, 6.45) is 7.86. The average Bonchev–Trinajstić information content (AvgIpc) is 2.85. The summed E-state index contributed by atoms with van der Waals surface area (Å²) in [5, 5.41) is 11.0. The summed E-state index contributed by atoms with van der Waals surface area (Å²) >= 11 is 0. The predicted molar refractivity (Wildman–Crippen MR) is 64.9 cm³/mol. The van der Waals surface area contributed by atoms with Gasteiger partial charge in [0.15, 0.2) is 5.79 Å². The van der Waals surface area contributed by atoms with Crippen LogP contribution in [0.3, 0.4) is 0 Å². The molecule has 0 amide bonds. The van der Waals surface area contributed by atoms with Crippen molar-refractivity contribution in [3.63, 3.8) is 0 Å². The van der Waals surface area contributed by atoms with E-state index in [1.54, 1.807) is 0 Å². The maximum Gasteiger partial charge on any atom is 0.164 e. The van der Waals surface area contributed by atoms with E-state index in [9.17, 15) is 0 Å². The van der Waals surface area contributed by atoms with E-state index in [1.165, 1.54) is 12.8 Å². The minimum absolute atomic E-state index is 0.0420. The molecule has 0 radical (unpaired) electrons. The lowest BCUT2D eigenvalue weighted by atomic mass is 9.72. The highest BCUT2D eigenvalue weighted by Gasteiger charge is 2.62. The van der Waals surface area contributed by atoms with Gasteiger partial charge in [0.2, 0.25) is 0 Å². The standard InChI is InChI=1S/C13H19N3O2/c1-12(2)17-9-5-6-10-13(11(9)18-12)7-3-4-8-16(13)15-14-10/h5-6,9-11H,3-4,7-8H2,1-2H3/t9-,10-,11-,13-/m0/s1. The summed E-state index contributed by atoms with van der Waals surface area (Å²) in [4.78, 5) is 0. The monoisotopic (exact) mass is 249 g/mol. The van der Waals surface area contributed by atoms with Crippen LogP contribution in [0.15, 0.2) is 22.5 Å². The number of piperidine rings is 1. The van der Waals surface area contributed by atoms with Gasteiger partial charge in [-0.05, 0) is 33.1 Å². The van der Waals surface area contributed by atoms with Crippen LogP contribution in [0, 0.1) is 0 Å². The van der Waals surface area contributed by atoms with E-state index < -0.39 is 5.79 Å². The van der Waals surface area contributed by atoms with Crippen LogP contribution >= 0.6 is 0 Å². The molecule has 0 unspecified atom stereocenters. The first-order chi connectivity index (χ1) is 8.62. The lowest BCUT2D eigenvalue weighted by Gasteiger charge is -2.48. The normalized spacial score (nSPS) is 47.9. The van der Waals surface area contributed by atoms with Crippen molar-refractivity contribution >= 4 is 0 Å². The molecule has 3 heterocycles. The molecule has 0 N–H and O–H groups in total. The topological polar surface area (TPSA) is 46.4 Å². The average molecular weight is 249 g/mol. The van der Waals surface area contributed by atoms with Gasteiger partial charge in [-0.3, -0.25) is 5.01 Å². The molecule has 1 spiro atoms. The van der Waals surface area contributed by atoms with Gasteiger partial charge in [0.25, 0.3) is 0 Å². The molecule has 4 aliphatic rings. The Kier molecular flexibility index (Phi) is 2.02. The molecule has 0 saturated carbocycles. The van der Waals surface area contributed by atoms with E-state index in [2.05, 4.69) is 27.5 Å². The zero-order chi connectivity index (χ0) is 12.4. The van der Waals surface area contributed by atoms with Crippen molar-refractivity contribution in [1.29, 1.82) is 0 Å². The summed E-state index contributed by atoms with van der Waals surface area (Å²) in [5.41, 5.74) is -0.0918. The molecule has 98 valence electrons. The minimum Gasteiger partial charge on any atom is -0.342 e. The molecule has 0 aromatic rings. The van der Waals surface area contributed by atoms with Crippen LogP contribution in [0.2, 0.25) is 0 Å². The summed E-state index contributed by atoms with van der Waals surface area (Å²) in [6.45, 7) is 4.96. The number of fused-ring (bicyclic) bond motifs is 1. The van der Waals surface area contributed by atoms with Crippen LogP contribution in [0.1, 0.15) is 33.1 Å². The fourth-order valence-electron chi connectivity index (χ4n) is 3.85. The van der Waals surface area contributed by atoms with Crippen molar-refractivity contribution in [3.8, 4) is 0 Å². The van der Waals surface area contributed by atoms with E-state index >= 15 is 0 Å². The second kappa shape index (κ2) is 3.33. The molecule has 3 aliphatic heterocycles. The molecular weight excluding hydrogens is 230 g/mol. The zero-order valence-electron chi connectivity index (χ0n) is 10.9. The predicted octanol–water partition coefficient (Wildman–Crippen LogP) is 2.05. The first-order valence-electron chi connectivity index (χ1n) is 6.84. The number of hydrogen-bond donors (Lipinski definition) is 0. The van der Waals surface area contributed by atoms with Gasteiger partial charge in [-0.15, -0.1) is 0 Å². The van der Waals surface area contributed by atoms with Crippen molar-refractivity contribution in [2.45, 2.75) is 62.7 Å². The van der Waals surface area contributed by atoms with Crippen LogP contribution < -0.4 is 0 Å². The van der Waals surface area contributed by atoms with Crippen molar-refractivity contribution in [3.05, 3.63) is 12.2 Å². The Morgan fingerprint density at radius 2 is 2.11 bits per heavy atom. The van der Waals surface area contributed by atoms with Gasteiger partial charge in [-0.1, -0.05) is 17.4 Å². The van der Waals surface area contributed by atoms with Crippen LogP contribution in [-0.2, 0) is 9.47 Å². The first kappa shape index (κ1) is 10.9. The van der Waals surface area contributed by atoms with Gasteiger partial charge in [0.1, 0.15) is 23.8 Å². The maximum atomic E-state index is 6.19. The summed E-state index contributed by atoms with van der Waals surface area (Å²) in [5.74, 6) is -0.505. The van der Waals surface area contributed by atoms with Crippen LogP contribution in [0.4, 0.5) is 0 Å². The van der Waals surface area contributed by atoms with Crippen LogP contribution in [-0.4, -0.2) is 41.1 Å². The molecule has 4 atom stereocenters. The summed E-state index contributed by atoms with van der Waals surface area (Å²) in [7, 11) is 0. The van der Waals surface area contributed by atoms with Gasteiger partial charge in [-0.2, -0.15) is 5.11 Å². The van der Waals surface area contributed by atoms with Crippen molar-refractivity contribution < 1.29 is 9.47 Å². The molecule has 2 fully saturated rings. The van der Waals surface area contributed by atoms with E-state index in [4.69, 9.17) is 9.47 Å². The molecule has 5 heteroatoms. The van der Waals surface area contributed by atoms with Gasteiger partial charge < -0.3 is 9.47 Å². The fraction of sp³-hybridized carbons (Fsp3) is 0.846. The Balaban J connectivity index is 1.77. The molecule has 5 nitrogen and oxygen atoms in total. The second-order valence-corrected chi connectivity index (χ2v) is 6.13. The minimum atomic E-state index is -0.505. The molecule has 1 aliphatic carbocycles. The zero-order valence-corrected chi connectivity index (χ0v) is 10.9. The van der Waals surface area contributed by atoms with E-state index in [1.807, 2.05) is 13.8 Å². The molecule has 0 aromatic carbocycles. The third-order valence-corrected chi connectivity index (χ3v) is 4.58. The largest absolute Gasteiger partial charge is 0.342 e. The highest BCUT2D eigenvalue weighted by molar-refractivity contribution is 5.25. The Bertz CT molecular complexity index is 434. The third-order valence-electron chi connectivity index (χ3n) is 4.58. The Hall–Kier alpha value is -0.940. The van der Waals surface area contributed by atoms with E-state index in [-0.39, 0.29) is 23.8 Å². The third kappa shape index (κ3) is 1.24. The van der Waals surface area contributed by atoms with Gasteiger partial charge in [-0.25, -0.2) is 0 Å². The molecule has 18 heavy (non-hydrogen) atoms. The first-order valence-corrected chi connectivity index (χ1v) is 6.84. The van der Waals surface area contributed by atoms with Gasteiger partial charge in [0.05, 0.1) is 0 Å². The Labute approximate surface area is 107 Å². The molecule has 0 aromatic heterocycles. The van der Waals surface area contributed by atoms with Crippen LogP contribution in [0.5, 0.6) is 0 Å². The maximum absolute atomic E-state index is 6.19. The van der Waals surface area contributed by atoms with E-state index in [0.717, 1.165) is 13.0 Å². The SMILES string of the molecule is CC1(C)O[C@H]2C=C[C@@H]3N=NN4CCCC[C@@]34[C@H]2O1. The second-order valence-electron chi connectivity index (χ2n) is 6.13. The summed E-state index contributed by atoms with van der Waals surface area (Å²) in [6, 6.07) is 0.136. The van der Waals surface area contributed by atoms with Gasteiger partial charge >= 0.3 is 0 Å². The number of rotatable bonds is 0. The molecule has 0 bridgehead atoms. The lowest BCUT2D eigenvalue weighted by Crippen LogP contribution is -2.64. The number of hydrogen-bond acceptors (Lipinski definition) is 5. The van der Waals surface area contributed by atoms with Crippen LogP contribution in [0.25, 0.3) is 0 Å². The highest BCUT2D eigenvalue weighted by atomic mass is 16.8. The molecular formula is C13H19N3O2.